The predicted molar refractivity (Wildman–Crippen MR) is 119 cm³/mol. The van der Waals surface area contributed by atoms with Crippen molar-refractivity contribution >= 4 is 29.3 Å². The Morgan fingerprint density at radius 3 is 2.70 bits per heavy atom. The highest BCUT2D eigenvalue weighted by Crippen LogP contribution is 2.37. The third-order valence-electron chi connectivity index (χ3n) is 5.46. The van der Waals surface area contributed by atoms with Crippen LogP contribution in [0.15, 0.2) is 40.3 Å². The van der Waals surface area contributed by atoms with Crippen LogP contribution in [0.4, 0.5) is 11.6 Å². The molecule has 1 aromatic heterocycles. The molecule has 0 atom stereocenters. The summed E-state index contributed by atoms with van der Waals surface area (Å²) in [7, 11) is 2.14. The van der Waals surface area contributed by atoms with E-state index in [1.165, 1.54) is 19.8 Å². The fraction of sp³-hybridized carbons (Fsp3) is 0.500. The smallest absolute Gasteiger partial charge is 0.232 e. The van der Waals surface area contributed by atoms with Crippen molar-refractivity contribution in [1.82, 2.24) is 14.9 Å². The molecule has 7 nitrogen and oxygen atoms in total. The van der Waals surface area contributed by atoms with Gasteiger partial charge in [-0.3, -0.25) is 4.79 Å². The molecule has 0 bridgehead atoms. The van der Waals surface area contributed by atoms with Crippen LogP contribution in [0.5, 0.6) is 5.88 Å². The number of rotatable bonds is 6. The van der Waals surface area contributed by atoms with E-state index in [0.717, 1.165) is 60.4 Å². The van der Waals surface area contributed by atoms with Gasteiger partial charge in [-0.25, -0.2) is 4.98 Å². The maximum Gasteiger partial charge on any atom is 0.232 e. The fourth-order valence-corrected chi connectivity index (χ4v) is 4.66. The molecule has 1 saturated heterocycles. The lowest BCUT2D eigenvalue weighted by Gasteiger charge is -2.32. The Morgan fingerprint density at radius 1 is 1.20 bits per heavy atom. The molecule has 8 heteroatoms. The molecule has 1 amide bonds. The van der Waals surface area contributed by atoms with Crippen LogP contribution in [0.25, 0.3) is 0 Å². The number of aromatic nitrogens is 2. The Labute approximate surface area is 182 Å². The number of anilines is 2. The molecule has 0 spiro atoms. The van der Waals surface area contributed by atoms with Gasteiger partial charge in [0.2, 0.25) is 17.7 Å². The third-order valence-corrected chi connectivity index (χ3v) is 6.45. The van der Waals surface area contributed by atoms with Gasteiger partial charge >= 0.3 is 0 Å². The van der Waals surface area contributed by atoms with Gasteiger partial charge in [0, 0.05) is 43.7 Å². The molecule has 30 heavy (non-hydrogen) atoms. The van der Waals surface area contributed by atoms with Crippen molar-refractivity contribution in [2.45, 2.75) is 48.5 Å². The average Bonchev–Trinajstić information content (AvgIpc) is 3.23. The van der Waals surface area contributed by atoms with Crippen LogP contribution in [0, 0.1) is 0 Å². The first-order valence-corrected chi connectivity index (χ1v) is 11.4. The number of nitrogens with zero attached hydrogens (tertiary/aromatic N) is 4. The molecule has 0 unspecified atom stereocenters. The zero-order chi connectivity index (χ0) is 20.9. The van der Waals surface area contributed by atoms with E-state index in [-0.39, 0.29) is 12.0 Å². The number of hydrogen-bond acceptors (Lipinski definition) is 7. The van der Waals surface area contributed by atoms with Gasteiger partial charge in [0.1, 0.15) is 6.10 Å². The normalized spacial score (nSPS) is 17.9. The molecule has 4 rings (SSSR count). The second kappa shape index (κ2) is 9.66. The Hall–Kier alpha value is -2.32. The maximum atomic E-state index is 11.4. The number of carbonyl (C=O) groups excluding carboxylic acids is 1. The molecule has 1 saturated carbocycles. The molecule has 0 radical (unpaired) electrons. The van der Waals surface area contributed by atoms with E-state index in [1.807, 2.05) is 30.5 Å². The summed E-state index contributed by atoms with van der Waals surface area (Å²) in [5, 5.41) is 2.83. The van der Waals surface area contributed by atoms with Crippen LogP contribution in [-0.4, -0.2) is 60.1 Å². The molecule has 1 aliphatic heterocycles. The second-order valence-electron chi connectivity index (χ2n) is 7.97. The molecule has 2 fully saturated rings. The van der Waals surface area contributed by atoms with E-state index in [9.17, 15) is 4.79 Å². The van der Waals surface area contributed by atoms with E-state index < -0.39 is 0 Å². The van der Waals surface area contributed by atoms with E-state index in [2.05, 4.69) is 27.1 Å². The van der Waals surface area contributed by atoms with Crippen molar-refractivity contribution in [2.75, 3.05) is 43.4 Å². The summed E-state index contributed by atoms with van der Waals surface area (Å²) < 4.78 is 6.35. The topological polar surface area (TPSA) is 70.6 Å². The number of likely N-dealkylation sites (N-methyl/N-ethyl adjacent to an activating group) is 1. The third kappa shape index (κ3) is 5.43. The van der Waals surface area contributed by atoms with Crippen LogP contribution in [0.3, 0.4) is 0 Å². The van der Waals surface area contributed by atoms with Gasteiger partial charge in [0.25, 0.3) is 0 Å². The number of ether oxygens (including phenoxy) is 1. The molecular weight excluding hydrogens is 398 g/mol. The minimum atomic E-state index is -0.0812. The van der Waals surface area contributed by atoms with Crippen molar-refractivity contribution in [3.05, 3.63) is 30.5 Å². The summed E-state index contributed by atoms with van der Waals surface area (Å²) in [6.45, 7) is 5.37. The molecule has 1 aliphatic carbocycles. The highest BCUT2D eigenvalue weighted by atomic mass is 32.2. The number of benzene rings is 1. The van der Waals surface area contributed by atoms with E-state index in [0.29, 0.717) is 5.88 Å². The number of hydrogen-bond donors (Lipinski definition) is 1. The minimum Gasteiger partial charge on any atom is -0.473 e. The SMILES string of the molecule is CC(=O)Nc1cccc(Sc2cnc(N3CCN(C)CC3)nc2OC2CCCC2)c1. The largest absolute Gasteiger partial charge is 0.473 e. The van der Waals surface area contributed by atoms with Crippen LogP contribution in [0.2, 0.25) is 0 Å². The first kappa shape index (κ1) is 20.9. The fourth-order valence-electron chi connectivity index (χ4n) is 3.79. The highest BCUT2D eigenvalue weighted by Gasteiger charge is 2.22. The van der Waals surface area contributed by atoms with Crippen LogP contribution in [0.1, 0.15) is 32.6 Å². The number of amides is 1. The van der Waals surface area contributed by atoms with Crippen LogP contribution in [-0.2, 0) is 4.79 Å². The summed E-state index contributed by atoms with van der Waals surface area (Å²) in [6.07, 6.45) is 6.68. The lowest BCUT2D eigenvalue weighted by molar-refractivity contribution is -0.114. The predicted octanol–water partition coefficient (Wildman–Crippen LogP) is 3.66. The summed E-state index contributed by atoms with van der Waals surface area (Å²) in [6, 6.07) is 7.79. The minimum absolute atomic E-state index is 0.0812. The molecule has 2 aromatic rings. The monoisotopic (exact) mass is 427 g/mol. The maximum absolute atomic E-state index is 11.4. The molecule has 160 valence electrons. The molecular formula is C22H29N5O2S. The first-order valence-electron chi connectivity index (χ1n) is 10.6. The number of carbonyl (C=O) groups is 1. The lowest BCUT2D eigenvalue weighted by Crippen LogP contribution is -2.45. The van der Waals surface area contributed by atoms with Crippen molar-refractivity contribution in [3.8, 4) is 5.88 Å². The number of piperazine rings is 1. The molecule has 1 aromatic carbocycles. The van der Waals surface area contributed by atoms with Crippen LogP contribution >= 0.6 is 11.8 Å². The Kier molecular flexibility index (Phi) is 6.74. The van der Waals surface area contributed by atoms with Gasteiger partial charge in [-0.1, -0.05) is 17.8 Å². The van der Waals surface area contributed by atoms with Crippen molar-refractivity contribution < 1.29 is 9.53 Å². The summed E-state index contributed by atoms with van der Waals surface area (Å²) in [5.41, 5.74) is 0.778. The zero-order valence-corrected chi connectivity index (χ0v) is 18.5. The van der Waals surface area contributed by atoms with Crippen molar-refractivity contribution in [2.24, 2.45) is 0 Å². The van der Waals surface area contributed by atoms with Crippen molar-refractivity contribution in [3.63, 3.8) is 0 Å². The van der Waals surface area contributed by atoms with E-state index in [4.69, 9.17) is 9.72 Å². The van der Waals surface area contributed by atoms with Crippen molar-refractivity contribution in [1.29, 1.82) is 0 Å². The second-order valence-corrected chi connectivity index (χ2v) is 9.08. The Balaban J connectivity index is 1.57. The Morgan fingerprint density at radius 2 is 1.97 bits per heavy atom. The Bertz CT molecular complexity index is 880. The first-order chi connectivity index (χ1) is 14.6. The van der Waals surface area contributed by atoms with E-state index >= 15 is 0 Å². The quantitative estimate of drug-likeness (QED) is 0.754. The standard InChI is InChI=1S/C22H29N5O2S/c1-16(28)24-17-6-5-9-19(14-17)30-20-15-23-22(27-12-10-26(2)11-13-27)25-21(20)29-18-7-3-4-8-18/h5-6,9,14-15,18H,3-4,7-8,10-13H2,1-2H3,(H,24,28). The van der Waals surface area contributed by atoms with Gasteiger partial charge in [0.15, 0.2) is 0 Å². The van der Waals surface area contributed by atoms with E-state index in [1.54, 1.807) is 11.8 Å². The van der Waals surface area contributed by atoms with Gasteiger partial charge < -0.3 is 19.9 Å². The van der Waals surface area contributed by atoms with Gasteiger partial charge in [-0.2, -0.15) is 4.98 Å². The molecule has 1 N–H and O–H groups in total. The summed E-state index contributed by atoms with van der Waals surface area (Å²) in [4.78, 5) is 27.3. The molecule has 2 heterocycles. The lowest BCUT2D eigenvalue weighted by atomic mass is 10.3. The van der Waals surface area contributed by atoms with Gasteiger partial charge in [-0.15, -0.1) is 0 Å². The van der Waals surface area contributed by atoms with Crippen LogP contribution < -0.4 is 15.0 Å². The average molecular weight is 428 g/mol. The number of nitrogens with one attached hydrogen (secondary N) is 1. The molecule has 2 aliphatic rings. The van der Waals surface area contributed by atoms with Gasteiger partial charge in [0.05, 0.1) is 11.1 Å². The highest BCUT2D eigenvalue weighted by molar-refractivity contribution is 7.99. The summed E-state index contributed by atoms with van der Waals surface area (Å²) in [5.74, 6) is 1.33. The van der Waals surface area contributed by atoms with Gasteiger partial charge in [-0.05, 0) is 50.9 Å². The summed E-state index contributed by atoms with van der Waals surface area (Å²) >= 11 is 1.57. The zero-order valence-electron chi connectivity index (χ0n) is 17.6.